The van der Waals surface area contributed by atoms with E-state index in [1.54, 1.807) is 20.8 Å². The first-order chi connectivity index (χ1) is 7.99. The van der Waals surface area contributed by atoms with E-state index < -0.39 is 17.2 Å². The van der Waals surface area contributed by atoms with Crippen LogP contribution >= 0.6 is 0 Å². The summed E-state index contributed by atoms with van der Waals surface area (Å²) < 4.78 is 0. The first-order valence-electron chi connectivity index (χ1n) is 5.72. The Hall–Kier alpha value is -1.72. The van der Waals surface area contributed by atoms with E-state index in [9.17, 15) is 14.4 Å². The molecule has 2 aliphatic heterocycles. The molecule has 2 heterocycles. The molecule has 0 aromatic heterocycles. The monoisotopic (exact) mass is 237 g/mol. The van der Waals surface area contributed by atoms with Gasteiger partial charge in [-0.15, -0.1) is 0 Å². The van der Waals surface area contributed by atoms with Crippen LogP contribution in [0.3, 0.4) is 0 Å². The SMILES string of the molecule is CCC1(CC)C(=O)N2C(=O)CN=C(C)N2C1=O. The zero-order valence-electron chi connectivity index (χ0n) is 10.2. The molecule has 0 saturated carbocycles. The largest absolute Gasteiger partial charge is 0.271 e. The fourth-order valence-electron chi connectivity index (χ4n) is 2.37. The number of nitrogens with zero attached hydrogens (tertiary/aromatic N) is 3. The molecule has 17 heavy (non-hydrogen) atoms. The maximum absolute atomic E-state index is 12.3. The van der Waals surface area contributed by atoms with Crippen molar-refractivity contribution >= 4 is 23.6 Å². The van der Waals surface area contributed by atoms with Gasteiger partial charge in [0.2, 0.25) is 0 Å². The van der Waals surface area contributed by atoms with E-state index in [1.165, 1.54) is 0 Å². The summed E-state index contributed by atoms with van der Waals surface area (Å²) >= 11 is 0. The van der Waals surface area contributed by atoms with E-state index in [0.717, 1.165) is 10.0 Å². The molecule has 0 aromatic carbocycles. The Kier molecular flexibility index (Phi) is 2.52. The number of hydrogen-bond acceptors (Lipinski definition) is 4. The van der Waals surface area contributed by atoms with Gasteiger partial charge in [-0.2, -0.15) is 10.0 Å². The third-order valence-electron chi connectivity index (χ3n) is 3.60. The summed E-state index contributed by atoms with van der Waals surface area (Å²) in [4.78, 5) is 40.3. The van der Waals surface area contributed by atoms with Crippen LogP contribution in [-0.4, -0.2) is 40.1 Å². The van der Waals surface area contributed by atoms with E-state index in [2.05, 4.69) is 4.99 Å². The zero-order chi connectivity index (χ0) is 12.8. The van der Waals surface area contributed by atoms with Crippen LogP contribution in [0.1, 0.15) is 33.6 Å². The summed E-state index contributed by atoms with van der Waals surface area (Å²) in [5.41, 5.74) is -1.09. The van der Waals surface area contributed by atoms with Gasteiger partial charge < -0.3 is 0 Å². The van der Waals surface area contributed by atoms with Crippen molar-refractivity contribution in [3.8, 4) is 0 Å². The number of aliphatic imine (C=N–C) groups is 1. The van der Waals surface area contributed by atoms with E-state index in [-0.39, 0.29) is 12.5 Å². The molecule has 0 aromatic rings. The molecule has 1 saturated heterocycles. The van der Waals surface area contributed by atoms with Gasteiger partial charge in [0.05, 0.1) is 0 Å². The average molecular weight is 237 g/mol. The minimum absolute atomic E-state index is 0.0646. The van der Waals surface area contributed by atoms with E-state index in [1.807, 2.05) is 0 Å². The quantitative estimate of drug-likeness (QED) is 0.513. The zero-order valence-corrected chi connectivity index (χ0v) is 10.2. The number of hydrogen-bond donors (Lipinski definition) is 0. The first-order valence-corrected chi connectivity index (χ1v) is 5.72. The lowest BCUT2D eigenvalue weighted by atomic mass is 9.81. The highest BCUT2D eigenvalue weighted by atomic mass is 16.2. The number of hydrazine groups is 1. The van der Waals surface area contributed by atoms with Gasteiger partial charge in [0.25, 0.3) is 17.7 Å². The number of amides is 3. The van der Waals surface area contributed by atoms with Gasteiger partial charge >= 0.3 is 0 Å². The number of carbonyl (C=O) groups is 3. The maximum Gasteiger partial charge on any atom is 0.270 e. The fraction of sp³-hybridized carbons (Fsp3) is 0.636. The van der Waals surface area contributed by atoms with Gasteiger partial charge in [-0.05, 0) is 19.8 Å². The van der Waals surface area contributed by atoms with Crippen LogP contribution in [0.4, 0.5) is 0 Å². The van der Waals surface area contributed by atoms with Crippen molar-refractivity contribution in [2.45, 2.75) is 33.6 Å². The van der Waals surface area contributed by atoms with Crippen molar-refractivity contribution in [3.05, 3.63) is 0 Å². The highest BCUT2D eigenvalue weighted by Gasteiger charge is 2.59. The Morgan fingerprint density at radius 3 is 2.12 bits per heavy atom. The lowest BCUT2D eigenvalue weighted by molar-refractivity contribution is -0.155. The number of carbonyl (C=O) groups excluding carboxylic acids is 3. The molecule has 2 aliphatic rings. The van der Waals surface area contributed by atoms with Gasteiger partial charge in [-0.3, -0.25) is 19.4 Å². The van der Waals surface area contributed by atoms with Crippen LogP contribution in [0.2, 0.25) is 0 Å². The molecule has 0 radical (unpaired) electrons. The number of rotatable bonds is 2. The summed E-state index contributed by atoms with van der Waals surface area (Å²) in [6.07, 6.45) is 0.795. The number of fused-ring (bicyclic) bond motifs is 1. The van der Waals surface area contributed by atoms with Crippen LogP contribution in [0.15, 0.2) is 4.99 Å². The molecular weight excluding hydrogens is 222 g/mol. The molecule has 2 rings (SSSR count). The van der Waals surface area contributed by atoms with Gasteiger partial charge in [0.15, 0.2) is 0 Å². The third kappa shape index (κ3) is 1.26. The molecule has 6 nitrogen and oxygen atoms in total. The molecule has 0 spiro atoms. The fourth-order valence-corrected chi connectivity index (χ4v) is 2.37. The van der Waals surface area contributed by atoms with E-state index in [4.69, 9.17) is 0 Å². The molecule has 0 atom stereocenters. The van der Waals surface area contributed by atoms with Crippen LogP contribution < -0.4 is 0 Å². The smallest absolute Gasteiger partial charge is 0.270 e. The number of imide groups is 1. The van der Waals surface area contributed by atoms with Gasteiger partial charge in [-0.25, -0.2) is 0 Å². The van der Waals surface area contributed by atoms with E-state index in [0.29, 0.717) is 18.7 Å². The summed E-state index contributed by atoms with van der Waals surface area (Å²) in [6, 6.07) is 0. The molecular formula is C11H15N3O3. The Balaban J connectivity index is 2.55. The predicted octanol–water partition coefficient (Wildman–Crippen LogP) is 0.337. The van der Waals surface area contributed by atoms with Gasteiger partial charge in [0.1, 0.15) is 17.8 Å². The Bertz CT molecular complexity index is 437. The lowest BCUT2D eigenvalue weighted by Gasteiger charge is -2.28. The van der Waals surface area contributed by atoms with Crippen LogP contribution in [0, 0.1) is 5.41 Å². The Labute approximate surface area is 99.2 Å². The second-order valence-electron chi connectivity index (χ2n) is 4.28. The summed E-state index contributed by atoms with van der Waals surface area (Å²) in [6.45, 7) is 5.14. The second kappa shape index (κ2) is 3.65. The molecule has 1 fully saturated rings. The molecule has 6 heteroatoms. The van der Waals surface area contributed by atoms with Crippen molar-refractivity contribution in [2.24, 2.45) is 10.4 Å². The van der Waals surface area contributed by atoms with Crippen LogP contribution in [0.25, 0.3) is 0 Å². The minimum Gasteiger partial charge on any atom is -0.271 e. The Morgan fingerprint density at radius 1 is 1.12 bits per heavy atom. The predicted molar refractivity (Wildman–Crippen MR) is 59.7 cm³/mol. The summed E-state index contributed by atoms with van der Waals surface area (Å²) in [5, 5.41) is 2.08. The van der Waals surface area contributed by atoms with Crippen LogP contribution in [-0.2, 0) is 14.4 Å². The van der Waals surface area contributed by atoms with Gasteiger partial charge in [0, 0.05) is 0 Å². The van der Waals surface area contributed by atoms with Crippen molar-refractivity contribution in [2.75, 3.05) is 6.54 Å². The molecule has 0 N–H and O–H groups in total. The van der Waals surface area contributed by atoms with Crippen molar-refractivity contribution in [1.82, 2.24) is 10.0 Å². The first kappa shape index (κ1) is 11.8. The van der Waals surface area contributed by atoms with Crippen LogP contribution in [0.5, 0.6) is 0 Å². The lowest BCUT2D eigenvalue weighted by Crippen LogP contribution is -2.51. The number of amidine groups is 1. The molecule has 0 bridgehead atoms. The minimum atomic E-state index is -1.09. The highest BCUT2D eigenvalue weighted by molar-refractivity contribution is 6.22. The molecule has 0 unspecified atom stereocenters. The normalized spacial score (nSPS) is 23.0. The average Bonchev–Trinajstić information content (AvgIpc) is 2.55. The van der Waals surface area contributed by atoms with Crippen molar-refractivity contribution in [1.29, 1.82) is 0 Å². The molecule has 3 amide bonds. The molecule has 0 aliphatic carbocycles. The van der Waals surface area contributed by atoms with E-state index >= 15 is 0 Å². The summed E-state index contributed by atoms with van der Waals surface area (Å²) in [5.74, 6) is -0.766. The van der Waals surface area contributed by atoms with Gasteiger partial charge in [-0.1, -0.05) is 13.8 Å². The topological polar surface area (TPSA) is 70.1 Å². The molecule has 92 valence electrons. The second-order valence-corrected chi connectivity index (χ2v) is 4.28. The standard InChI is InChI=1S/C11H15N3O3/c1-4-11(5-2)9(16)13-7(3)12-6-8(15)14(13)10(11)17/h4-6H2,1-3H3. The Morgan fingerprint density at radius 2 is 1.65 bits per heavy atom. The third-order valence-corrected chi connectivity index (χ3v) is 3.60. The van der Waals surface area contributed by atoms with Crippen molar-refractivity contribution in [3.63, 3.8) is 0 Å². The maximum atomic E-state index is 12.3. The summed E-state index contributed by atoms with van der Waals surface area (Å²) in [7, 11) is 0. The van der Waals surface area contributed by atoms with Crippen molar-refractivity contribution < 1.29 is 14.4 Å². The highest BCUT2D eigenvalue weighted by Crippen LogP contribution is 2.39.